The van der Waals surface area contributed by atoms with Gasteiger partial charge in [0.25, 0.3) is 5.91 Å². The van der Waals surface area contributed by atoms with Crippen molar-refractivity contribution in [3.05, 3.63) is 79.4 Å². The first-order chi connectivity index (χ1) is 20.1. The number of hydrogen-bond acceptors (Lipinski definition) is 7. The zero-order valence-electron chi connectivity index (χ0n) is 22.6. The van der Waals surface area contributed by atoms with Crippen LogP contribution in [0.3, 0.4) is 0 Å². The van der Waals surface area contributed by atoms with Crippen LogP contribution in [0, 0.1) is 15.4 Å². The smallest absolute Gasteiger partial charge is 0.262 e. The van der Waals surface area contributed by atoms with Crippen molar-refractivity contribution in [2.24, 2.45) is 16.9 Å². The van der Waals surface area contributed by atoms with Crippen LogP contribution in [0.2, 0.25) is 5.02 Å². The van der Waals surface area contributed by atoms with E-state index in [0.717, 1.165) is 9.13 Å². The Morgan fingerprint density at radius 1 is 1.21 bits per heavy atom. The van der Waals surface area contributed by atoms with E-state index in [2.05, 4.69) is 34.0 Å². The molecule has 12 heteroatoms. The fourth-order valence-corrected chi connectivity index (χ4v) is 7.68. The number of halogens is 3. The second kappa shape index (κ2) is 11.5. The zero-order chi connectivity index (χ0) is 29.8. The van der Waals surface area contributed by atoms with Gasteiger partial charge in [-0.2, -0.15) is 5.10 Å². The Kier molecular flexibility index (Phi) is 8.03. The largest absolute Gasteiger partial charge is 0.490 e. The average molecular weight is 723 g/mol. The molecule has 2 aromatic carbocycles. The second-order valence-electron chi connectivity index (χ2n) is 11.0. The molecule has 220 valence electrons. The molecule has 2 unspecified atom stereocenters. The lowest BCUT2D eigenvalue weighted by molar-refractivity contribution is -0.136. The molecule has 5 atom stereocenters. The predicted molar refractivity (Wildman–Crippen MR) is 168 cm³/mol. The molecule has 3 N–H and O–H groups in total. The molecule has 1 spiro atoms. The summed E-state index contributed by atoms with van der Waals surface area (Å²) in [4.78, 5) is 29.7. The SMILES string of the molecule is CN1N=C2C[C@@H](C3C=CC=C(Cl)C3)[C@]3(C(=O)Nc4cc(Cl)ccc43)[C@@H](c3cc(I)ccc3OCC(O)CO)N2CC1=O. The van der Waals surface area contributed by atoms with E-state index in [4.69, 9.17) is 33.0 Å². The Balaban J connectivity index is 1.64. The number of benzene rings is 2. The zero-order valence-corrected chi connectivity index (χ0v) is 26.3. The maximum absolute atomic E-state index is 14.7. The maximum Gasteiger partial charge on any atom is 0.262 e. The number of likely N-dealkylation sites (N-methyl/N-ethyl adjacent to an activating group) is 1. The van der Waals surface area contributed by atoms with Crippen molar-refractivity contribution in [2.45, 2.75) is 30.4 Å². The van der Waals surface area contributed by atoms with Gasteiger partial charge in [-0.1, -0.05) is 41.4 Å². The van der Waals surface area contributed by atoms with Gasteiger partial charge in [-0.15, -0.1) is 0 Å². The van der Waals surface area contributed by atoms with Gasteiger partial charge < -0.3 is 25.2 Å². The molecule has 42 heavy (non-hydrogen) atoms. The summed E-state index contributed by atoms with van der Waals surface area (Å²) in [6.07, 6.45) is 5.76. The van der Waals surface area contributed by atoms with E-state index < -0.39 is 24.2 Å². The van der Waals surface area contributed by atoms with E-state index in [1.54, 1.807) is 25.2 Å². The summed E-state index contributed by atoms with van der Waals surface area (Å²) in [5.41, 5.74) is 0.864. The van der Waals surface area contributed by atoms with Gasteiger partial charge in [-0.25, -0.2) is 5.01 Å². The van der Waals surface area contributed by atoms with Gasteiger partial charge in [0.15, 0.2) is 0 Å². The number of nitrogens with one attached hydrogen (secondary N) is 1. The Labute approximate surface area is 266 Å². The molecule has 9 nitrogen and oxygen atoms in total. The van der Waals surface area contributed by atoms with Gasteiger partial charge in [-0.05, 0) is 82.8 Å². The summed E-state index contributed by atoms with van der Waals surface area (Å²) in [7, 11) is 1.64. The van der Waals surface area contributed by atoms with Gasteiger partial charge >= 0.3 is 0 Å². The van der Waals surface area contributed by atoms with Crippen LogP contribution in [0.25, 0.3) is 0 Å². The number of rotatable bonds is 6. The lowest BCUT2D eigenvalue weighted by atomic mass is 9.56. The Morgan fingerprint density at radius 3 is 2.79 bits per heavy atom. The average Bonchev–Trinajstić information content (AvgIpc) is 3.23. The quantitative estimate of drug-likeness (QED) is 0.381. The molecule has 0 saturated carbocycles. The molecule has 0 aromatic heterocycles. The van der Waals surface area contributed by atoms with Crippen LogP contribution in [-0.2, 0) is 15.0 Å². The fourth-order valence-electron chi connectivity index (χ4n) is 6.74. The van der Waals surface area contributed by atoms with Crippen molar-refractivity contribution in [3.63, 3.8) is 0 Å². The number of allylic oxidation sites excluding steroid dienone is 4. The summed E-state index contributed by atoms with van der Waals surface area (Å²) in [5.74, 6) is 0.277. The number of aliphatic hydroxyl groups is 2. The summed E-state index contributed by atoms with van der Waals surface area (Å²) in [6.45, 7) is -0.603. The van der Waals surface area contributed by atoms with E-state index in [-0.39, 0.29) is 36.8 Å². The molecule has 6 rings (SSSR count). The summed E-state index contributed by atoms with van der Waals surface area (Å²) in [5, 5.41) is 29.9. The topological polar surface area (TPSA) is 115 Å². The number of carbonyl (C=O) groups is 2. The van der Waals surface area contributed by atoms with Crippen molar-refractivity contribution in [1.82, 2.24) is 9.91 Å². The Hall–Kier alpha value is -2.64. The molecule has 0 bridgehead atoms. The Bertz CT molecular complexity index is 1550. The molecule has 1 fully saturated rings. The minimum absolute atomic E-state index is 0.00994. The van der Waals surface area contributed by atoms with E-state index >= 15 is 0 Å². The third kappa shape index (κ3) is 4.90. The number of carbonyl (C=O) groups excluding carboxylic acids is 2. The summed E-state index contributed by atoms with van der Waals surface area (Å²) < 4.78 is 6.99. The van der Waals surface area contributed by atoms with Gasteiger partial charge in [0.05, 0.1) is 12.6 Å². The highest BCUT2D eigenvalue weighted by Crippen LogP contribution is 2.61. The third-order valence-corrected chi connectivity index (χ3v) is 9.72. The van der Waals surface area contributed by atoms with Crippen LogP contribution < -0.4 is 10.1 Å². The molecule has 2 amide bonds. The molecule has 2 aromatic rings. The van der Waals surface area contributed by atoms with Crippen LogP contribution in [-0.4, -0.2) is 70.7 Å². The van der Waals surface area contributed by atoms with Crippen LogP contribution in [0.5, 0.6) is 5.75 Å². The minimum atomic E-state index is -1.20. The van der Waals surface area contributed by atoms with Crippen molar-refractivity contribution >= 4 is 69.1 Å². The minimum Gasteiger partial charge on any atom is -0.490 e. The van der Waals surface area contributed by atoms with Crippen LogP contribution >= 0.6 is 45.8 Å². The number of ether oxygens (including phenoxy) is 1. The maximum atomic E-state index is 14.7. The third-order valence-electron chi connectivity index (χ3n) is 8.54. The molecule has 3 heterocycles. The number of hydrazone groups is 1. The van der Waals surface area contributed by atoms with E-state index in [9.17, 15) is 19.8 Å². The molecular weight excluding hydrogens is 694 g/mol. The first-order valence-corrected chi connectivity index (χ1v) is 15.4. The highest BCUT2D eigenvalue weighted by molar-refractivity contribution is 14.1. The number of nitrogens with zero attached hydrogens (tertiary/aromatic N) is 3. The molecule has 3 aliphatic heterocycles. The first-order valence-electron chi connectivity index (χ1n) is 13.6. The second-order valence-corrected chi connectivity index (χ2v) is 13.2. The van der Waals surface area contributed by atoms with Crippen molar-refractivity contribution in [3.8, 4) is 5.75 Å². The summed E-state index contributed by atoms with van der Waals surface area (Å²) in [6, 6.07) is 10.3. The molecule has 4 aliphatic rings. The number of hydrogen-bond donors (Lipinski definition) is 3. The number of anilines is 1. The first kappa shape index (κ1) is 29.4. The normalized spacial score (nSPS) is 27.3. The summed E-state index contributed by atoms with van der Waals surface area (Å²) >= 11 is 15.2. The highest BCUT2D eigenvalue weighted by atomic mass is 127. The lowest BCUT2D eigenvalue weighted by Gasteiger charge is -2.55. The molecule has 1 aliphatic carbocycles. The van der Waals surface area contributed by atoms with Crippen molar-refractivity contribution < 1.29 is 24.5 Å². The molecule has 0 radical (unpaired) electrons. The van der Waals surface area contributed by atoms with Gasteiger partial charge in [0, 0.05) is 38.3 Å². The molecular formula is C30H29Cl2IN4O5. The molecule has 1 saturated heterocycles. The number of amidine groups is 1. The van der Waals surface area contributed by atoms with E-state index in [1.807, 2.05) is 35.3 Å². The lowest BCUT2D eigenvalue weighted by Crippen LogP contribution is -2.63. The number of amides is 2. The Morgan fingerprint density at radius 2 is 2.02 bits per heavy atom. The fraction of sp³-hybridized carbons (Fsp3) is 0.367. The number of aliphatic hydroxyl groups excluding tert-OH is 2. The van der Waals surface area contributed by atoms with E-state index in [1.165, 1.54) is 5.01 Å². The predicted octanol–water partition coefficient (Wildman–Crippen LogP) is 4.41. The monoisotopic (exact) mass is 722 g/mol. The van der Waals surface area contributed by atoms with Gasteiger partial charge in [0.1, 0.15) is 36.3 Å². The van der Waals surface area contributed by atoms with Gasteiger partial charge in [0.2, 0.25) is 5.91 Å². The standard InChI is InChI=1S/C30H29Cl2IN4O5/c1-36-27(40)13-37-26(35-36)12-23(16-3-2-4-17(31)9-16)30(22-7-5-18(32)10-24(22)34-29(30)41)28(37)21-11-19(33)6-8-25(21)42-15-20(39)14-38/h2-8,10-11,16,20,23,28,38-39H,9,12-15H2,1H3,(H,34,41)/t16?,20?,23-,28+,30-/m0/s1. The van der Waals surface area contributed by atoms with Crippen molar-refractivity contribution in [1.29, 1.82) is 0 Å². The highest BCUT2D eigenvalue weighted by Gasteiger charge is 2.65. The van der Waals surface area contributed by atoms with Crippen LogP contribution in [0.15, 0.2) is 64.8 Å². The van der Waals surface area contributed by atoms with Gasteiger partial charge in [-0.3, -0.25) is 9.59 Å². The van der Waals surface area contributed by atoms with E-state index in [0.29, 0.717) is 45.7 Å². The number of piperidine rings is 1. The van der Waals surface area contributed by atoms with Crippen LogP contribution in [0.1, 0.15) is 30.0 Å². The van der Waals surface area contributed by atoms with Crippen molar-refractivity contribution in [2.75, 3.05) is 32.1 Å². The number of fused-ring (bicyclic) bond motifs is 3. The van der Waals surface area contributed by atoms with Crippen LogP contribution in [0.4, 0.5) is 5.69 Å².